The molecule has 0 bridgehead atoms. The number of nitrogens with zero attached hydrogens (tertiary/aromatic N) is 5. The Bertz CT molecular complexity index is 723. The number of amides is 1. The van der Waals surface area contributed by atoms with E-state index in [0.717, 1.165) is 0 Å². The molecule has 3 aromatic rings. The van der Waals surface area contributed by atoms with Gasteiger partial charge in [0, 0.05) is 6.20 Å². The van der Waals surface area contributed by atoms with Gasteiger partial charge in [0.25, 0.3) is 5.91 Å². The van der Waals surface area contributed by atoms with Gasteiger partial charge in [0.05, 0.1) is 28.2 Å². The molecular formula is C11H8ClN7O. The zero-order chi connectivity index (χ0) is 13.9. The molecule has 0 saturated carbocycles. The number of hydrogen-bond donors (Lipinski definition) is 2. The molecule has 2 aromatic heterocycles. The van der Waals surface area contributed by atoms with E-state index in [0.29, 0.717) is 22.0 Å². The molecule has 0 fully saturated rings. The number of carbonyl (C=O) groups excluding carboxylic acids is 1. The fourth-order valence-electron chi connectivity index (χ4n) is 1.60. The number of nitrogens with one attached hydrogen (secondary N) is 2. The maximum absolute atomic E-state index is 11.9. The summed E-state index contributed by atoms with van der Waals surface area (Å²) in [5.41, 5.74) is 1.56. The Labute approximate surface area is 117 Å². The Morgan fingerprint density at radius 2 is 2.30 bits per heavy atom. The number of aromatic nitrogens is 6. The quantitative estimate of drug-likeness (QED) is 0.756. The molecule has 0 saturated heterocycles. The Morgan fingerprint density at radius 1 is 1.40 bits per heavy atom. The number of hydrogen-bond acceptors (Lipinski definition) is 5. The van der Waals surface area contributed by atoms with Crippen LogP contribution in [0.1, 0.15) is 10.4 Å². The normalized spacial score (nSPS) is 10.4. The molecule has 8 nitrogen and oxygen atoms in total. The highest BCUT2D eigenvalue weighted by molar-refractivity contribution is 6.34. The van der Waals surface area contributed by atoms with Crippen LogP contribution in [-0.2, 0) is 0 Å². The number of H-pyrrole nitrogens is 1. The summed E-state index contributed by atoms with van der Waals surface area (Å²) < 4.78 is 1.46. The van der Waals surface area contributed by atoms with E-state index < -0.39 is 0 Å². The Hall–Kier alpha value is -2.74. The number of carbonyl (C=O) groups is 1. The van der Waals surface area contributed by atoms with Crippen molar-refractivity contribution in [2.24, 2.45) is 0 Å². The van der Waals surface area contributed by atoms with Gasteiger partial charge in [0.15, 0.2) is 0 Å². The van der Waals surface area contributed by atoms with E-state index in [4.69, 9.17) is 11.6 Å². The molecule has 0 unspecified atom stereocenters. The zero-order valence-electron chi connectivity index (χ0n) is 9.99. The van der Waals surface area contributed by atoms with Crippen molar-refractivity contribution >= 4 is 23.2 Å². The van der Waals surface area contributed by atoms with Crippen LogP contribution < -0.4 is 5.32 Å². The van der Waals surface area contributed by atoms with Crippen molar-refractivity contribution in [1.29, 1.82) is 0 Å². The van der Waals surface area contributed by atoms with E-state index in [9.17, 15) is 4.79 Å². The topological polar surface area (TPSA) is 101 Å². The van der Waals surface area contributed by atoms with Gasteiger partial charge in [-0.25, -0.2) is 4.68 Å². The first-order chi connectivity index (χ1) is 9.74. The van der Waals surface area contributed by atoms with E-state index in [-0.39, 0.29) is 5.91 Å². The highest BCUT2D eigenvalue weighted by atomic mass is 35.5. The Kier molecular flexibility index (Phi) is 3.13. The van der Waals surface area contributed by atoms with Crippen LogP contribution in [0.3, 0.4) is 0 Å². The third kappa shape index (κ3) is 2.36. The van der Waals surface area contributed by atoms with Crippen LogP contribution >= 0.6 is 11.6 Å². The highest BCUT2D eigenvalue weighted by Crippen LogP contribution is 2.24. The number of rotatable bonds is 3. The molecule has 0 aliphatic rings. The predicted octanol–water partition coefficient (Wildman–Crippen LogP) is 1.29. The van der Waals surface area contributed by atoms with E-state index in [2.05, 4.69) is 31.0 Å². The molecule has 0 radical (unpaired) electrons. The van der Waals surface area contributed by atoms with Crippen LogP contribution in [0.2, 0.25) is 5.02 Å². The minimum Gasteiger partial charge on any atom is -0.320 e. The lowest BCUT2D eigenvalue weighted by Crippen LogP contribution is -2.11. The largest absolute Gasteiger partial charge is 0.320 e. The smallest absolute Gasteiger partial charge is 0.258 e. The lowest BCUT2D eigenvalue weighted by atomic mass is 10.2. The maximum atomic E-state index is 11.9. The van der Waals surface area contributed by atoms with E-state index in [1.54, 1.807) is 18.2 Å². The molecule has 2 heterocycles. The van der Waals surface area contributed by atoms with Crippen LogP contribution in [0.4, 0.5) is 5.69 Å². The molecule has 2 N–H and O–H groups in total. The fourth-order valence-corrected chi connectivity index (χ4v) is 1.77. The highest BCUT2D eigenvalue weighted by Gasteiger charge is 2.11. The summed E-state index contributed by atoms with van der Waals surface area (Å²) in [5.74, 6) is -0.311. The van der Waals surface area contributed by atoms with Crippen molar-refractivity contribution in [2.45, 2.75) is 0 Å². The van der Waals surface area contributed by atoms with Crippen LogP contribution in [0.25, 0.3) is 5.69 Å². The van der Waals surface area contributed by atoms with Crippen LogP contribution in [0, 0.1) is 0 Å². The SMILES string of the molecule is O=C(Nc1cc(-n2cnnn2)ccc1Cl)c1cn[nH]c1. The van der Waals surface area contributed by atoms with Crippen molar-refractivity contribution in [3.8, 4) is 5.69 Å². The maximum Gasteiger partial charge on any atom is 0.258 e. The Morgan fingerprint density at radius 3 is 3.00 bits per heavy atom. The second-order valence-electron chi connectivity index (χ2n) is 3.86. The molecule has 3 rings (SSSR count). The summed E-state index contributed by atoms with van der Waals surface area (Å²) in [6, 6.07) is 5.08. The van der Waals surface area contributed by atoms with Gasteiger partial charge in [0.1, 0.15) is 6.33 Å². The lowest BCUT2D eigenvalue weighted by Gasteiger charge is -2.08. The first kappa shape index (κ1) is 12.3. The molecule has 0 atom stereocenters. The third-order valence-electron chi connectivity index (χ3n) is 2.57. The molecular weight excluding hydrogens is 282 g/mol. The standard InChI is InChI=1S/C11H8ClN7O/c12-9-2-1-8(19-6-15-17-18-19)3-10(9)16-11(20)7-4-13-14-5-7/h1-6H,(H,13,14)(H,16,20). The average Bonchev–Trinajstić information content (AvgIpc) is 3.14. The van der Waals surface area contributed by atoms with Crippen molar-refractivity contribution in [3.05, 3.63) is 47.5 Å². The first-order valence-corrected chi connectivity index (χ1v) is 5.95. The molecule has 0 spiro atoms. The second kappa shape index (κ2) is 5.10. The number of aromatic amines is 1. The average molecular weight is 290 g/mol. The van der Waals surface area contributed by atoms with Crippen LogP contribution in [-0.4, -0.2) is 36.3 Å². The molecule has 0 aliphatic carbocycles. The van der Waals surface area contributed by atoms with E-state index in [1.807, 2.05) is 0 Å². The van der Waals surface area contributed by atoms with Gasteiger partial charge in [-0.1, -0.05) is 11.6 Å². The number of anilines is 1. The first-order valence-electron chi connectivity index (χ1n) is 5.57. The van der Waals surface area contributed by atoms with Gasteiger partial charge in [0.2, 0.25) is 0 Å². The van der Waals surface area contributed by atoms with Crippen molar-refractivity contribution in [2.75, 3.05) is 5.32 Å². The molecule has 0 aliphatic heterocycles. The van der Waals surface area contributed by atoms with Crippen molar-refractivity contribution < 1.29 is 4.79 Å². The minimum absolute atomic E-state index is 0.311. The lowest BCUT2D eigenvalue weighted by molar-refractivity contribution is 0.102. The fraction of sp³-hybridized carbons (Fsp3) is 0. The molecule has 100 valence electrons. The van der Waals surface area contributed by atoms with Gasteiger partial charge in [-0.3, -0.25) is 9.89 Å². The van der Waals surface area contributed by atoms with Gasteiger partial charge in [-0.2, -0.15) is 5.10 Å². The summed E-state index contributed by atoms with van der Waals surface area (Å²) in [6.07, 6.45) is 4.37. The zero-order valence-corrected chi connectivity index (χ0v) is 10.7. The minimum atomic E-state index is -0.311. The van der Waals surface area contributed by atoms with Gasteiger partial charge < -0.3 is 5.32 Å². The van der Waals surface area contributed by atoms with Gasteiger partial charge in [-0.05, 0) is 28.6 Å². The van der Waals surface area contributed by atoms with Gasteiger partial charge in [-0.15, -0.1) is 5.10 Å². The summed E-state index contributed by atoms with van der Waals surface area (Å²) in [4.78, 5) is 11.9. The summed E-state index contributed by atoms with van der Waals surface area (Å²) in [5, 5.41) is 20.3. The molecule has 1 amide bonds. The summed E-state index contributed by atoms with van der Waals surface area (Å²) in [6.45, 7) is 0. The Balaban J connectivity index is 1.89. The predicted molar refractivity (Wildman–Crippen MR) is 70.7 cm³/mol. The van der Waals surface area contributed by atoms with Crippen LogP contribution in [0.15, 0.2) is 36.9 Å². The van der Waals surface area contributed by atoms with E-state index >= 15 is 0 Å². The number of halogens is 1. The van der Waals surface area contributed by atoms with Crippen LogP contribution in [0.5, 0.6) is 0 Å². The molecule has 9 heteroatoms. The number of benzene rings is 1. The van der Waals surface area contributed by atoms with Crippen molar-refractivity contribution in [3.63, 3.8) is 0 Å². The summed E-state index contributed by atoms with van der Waals surface area (Å²) >= 11 is 6.06. The summed E-state index contributed by atoms with van der Waals surface area (Å²) in [7, 11) is 0. The third-order valence-corrected chi connectivity index (χ3v) is 2.90. The molecule has 1 aromatic carbocycles. The molecule has 20 heavy (non-hydrogen) atoms. The monoisotopic (exact) mass is 289 g/mol. The second-order valence-corrected chi connectivity index (χ2v) is 4.27. The number of tetrazole rings is 1. The van der Waals surface area contributed by atoms with E-state index in [1.165, 1.54) is 23.4 Å². The van der Waals surface area contributed by atoms with Crippen molar-refractivity contribution in [1.82, 2.24) is 30.4 Å². The van der Waals surface area contributed by atoms with Gasteiger partial charge >= 0.3 is 0 Å².